The Morgan fingerprint density at radius 2 is 0.559 bits per heavy atom. The van der Waals surface area contributed by atoms with Crippen molar-refractivity contribution in [2.45, 2.75) is 303 Å². The molecule has 0 aliphatic carbocycles. The Labute approximate surface area is 368 Å². The van der Waals surface area contributed by atoms with Gasteiger partial charge in [-0.1, -0.05) is 259 Å². The summed E-state index contributed by atoms with van der Waals surface area (Å²) in [6.45, 7) is 9.00. The maximum atomic E-state index is 12.8. The van der Waals surface area contributed by atoms with Crippen molar-refractivity contribution in [3.63, 3.8) is 0 Å². The standard InChI is InChI=1S/C53H102O6/c1-5-7-9-11-13-15-17-18-19-20-21-22-23-24-25-29-33-37-41-45-52(55)58-48-50(47-57-51(54)44-40-36-32-28-16-14-12-10-8-6-2)59-53(56)46-42-38-34-30-26-27-31-35-39-43-49(3)4/h49-50H,5-48H2,1-4H3/t50-/m1/s1. The van der Waals surface area contributed by atoms with E-state index in [0.717, 1.165) is 63.7 Å². The average Bonchev–Trinajstić information content (AvgIpc) is 3.22. The fraction of sp³-hybridized carbons (Fsp3) is 0.943. The van der Waals surface area contributed by atoms with Crippen LogP contribution in [0.25, 0.3) is 0 Å². The van der Waals surface area contributed by atoms with Crippen LogP contribution >= 0.6 is 0 Å². The van der Waals surface area contributed by atoms with Crippen molar-refractivity contribution in [2.24, 2.45) is 5.92 Å². The molecular weight excluding hydrogens is 733 g/mol. The second-order valence-electron chi connectivity index (χ2n) is 18.6. The quantitative estimate of drug-likeness (QED) is 0.0345. The van der Waals surface area contributed by atoms with Gasteiger partial charge in [-0.15, -0.1) is 0 Å². The highest BCUT2D eigenvalue weighted by atomic mass is 16.6. The van der Waals surface area contributed by atoms with Gasteiger partial charge in [0.2, 0.25) is 0 Å². The number of carbonyl (C=O) groups excluding carboxylic acids is 3. The van der Waals surface area contributed by atoms with Crippen LogP contribution in [-0.2, 0) is 28.6 Å². The summed E-state index contributed by atoms with van der Waals surface area (Å²) >= 11 is 0. The summed E-state index contributed by atoms with van der Waals surface area (Å²) < 4.78 is 16.8. The Hall–Kier alpha value is -1.59. The molecule has 1 atom stereocenters. The maximum Gasteiger partial charge on any atom is 0.306 e. The Morgan fingerprint density at radius 1 is 0.322 bits per heavy atom. The fourth-order valence-electron chi connectivity index (χ4n) is 8.04. The minimum atomic E-state index is -0.760. The van der Waals surface area contributed by atoms with E-state index < -0.39 is 6.10 Å². The van der Waals surface area contributed by atoms with Crippen LogP contribution in [0.3, 0.4) is 0 Å². The first-order valence-electron chi connectivity index (χ1n) is 26.4. The Bertz CT molecular complexity index is 887. The van der Waals surface area contributed by atoms with Gasteiger partial charge in [-0.3, -0.25) is 14.4 Å². The lowest BCUT2D eigenvalue weighted by Gasteiger charge is -2.18. The van der Waals surface area contributed by atoms with Crippen molar-refractivity contribution in [1.82, 2.24) is 0 Å². The van der Waals surface area contributed by atoms with E-state index in [-0.39, 0.29) is 31.1 Å². The van der Waals surface area contributed by atoms with Crippen LogP contribution in [0, 0.1) is 5.92 Å². The van der Waals surface area contributed by atoms with Crippen molar-refractivity contribution < 1.29 is 28.6 Å². The minimum absolute atomic E-state index is 0.0631. The zero-order chi connectivity index (χ0) is 43.1. The molecule has 350 valence electrons. The molecular formula is C53H102O6. The lowest BCUT2D eigenvalue weighted by Crippen LogP contribution is -2.30. The van der Waals surface area contributed by atoms with Gasteiger partial charge >= 0.3 is 17.9 Å². The normalized spacial score (nSPS) is 11.9. The Kier molecular flexibility index (Phi) is 46.2. The molecule has 0 heterocycles. The third-order valence-electron chi connectivity index (χ3n) is 12.0. The van der Waals surface area contributed by atoms with Gasteiger partial charge in [-0.05, 0) is 25.2 Å². The molecule has 0 aliphatic rings. The highest BCUT2D eigenvalue weighted by molar-refractivity contribution is 5.71. The van der Waals surface area contributed by atoms with Gasteiger partial charge in [-0.2, -0.15) is 0 Å². The predicted octanol–water partition coefficient (Wildman–Crippen LogP) is 17.1. The van der Waals surface area contributed by atoms with E-state index in [0.29, 0.717) is 19.3 Å². The fourth-order valence-corrected chi connectivity index (χ4v) is 8.04. The largest absolute Gasteiger partial charge is 0.462 e. The zero-order valence-corrected chi connectivity index (χ0v) is 40.2. The van der Waals surface area contributed by atoms with E-state index >= 15 is 0 Å². The molecule has 0 bridgehead atoms. The van der Waals surface area contributed by atoms with Crippen LogP contribution in [0.1, 0.15) is 297 Å². The molecule has 0 radical (unpaired) electrons. The van der Waals surface area contributed by atoms with Crippen LogP contribution in [0.4, 0.5) is 0 Å². The van der Waals surface area contributed by atoms with Crippen LogP contribution < -0.4 is 0 Å². The maximum absolute atomic E-state index is 12.8. The summed E-state index contributed by atoms with van der Waals surface area (Å²) in [5.74, 6) is -0.0411. The number of unbranched alkanes of at least 4 members (excludes halogenated alkanes) is 35. The molecule has 0 aromatic rings. The van der Waals surface area contributed by atoms with E-state index in [2.05, 4.69) is 27.7 Å². The van der Waals surface area contributed by atoms with Crippen molar-refractivity contribution in [2.75, 3.05) is 13.2 Å². The molecule has 0 saturated carbocycles. The first kappa shape index (κ1) is 57.4. The van der Waals surface area contributed by atoms with E-state index in [1.54, 1.807) is 0 Å². The Morgan fingerprint density at radius 3 is 0.831 bits per heavy atom. The summed E-state index contributed by atoms with van der Waals surface area (Å²) in [6, 6.07) is 0. The molecule has 0 aromatic carbocycles. The summed E-state index contributed by atoms with van der Waals surface area (Å²) in [6.07, 6.45) is 49.5. The third kappa shape index (κ3) is 47.3. The third-order valence-corrected chi connectivity index (χ3v) is 12.0. The molecule has 0 N–H and O–H groups in total. The average molecular weight is 835 g/mol. The number of carbonyl (C=O) groups is 3. The number of hydrogen-bond acceptors (Lipinski definition) is 6. The van der Waals surface area contributed by atoms with Gasteiger partial charge in [0.15, 0.2) is 6.10 Å². The second-order valence-corrected chi connectivity index (χ2v) is 18.6. The molecule has 0 aromatic heterocycles. The number of hydrogen-bond donors (Lipinski definition) is 0. The number of esters is 3. The van der Waals surface area contributed by atoms with Crippen molar-refractivity contribution in [3.05, 3.63) is 0 Å². The van der Waals surface area contributed by atoms with Gasteiger partial charge in [0.25, 0.3) is 0 Å². The van der Waals surface area contributed by atoms with Gasteiger partial charge in [0.1, 0.15) is 13.2 Å². The van der Waals surface area contributed by atoms with Crippen molar-refractivity contribution in [1.29, 1.82) is 0 Å². The molecule has 0 spiro atoms. The van der Waals surface area contributed by atoms with Gasteiger partial charge in [0.05, 0.1) is 0 Å². The summed E-state index contributed by atoms with van der Waals surface area (Å²) in [5, 5.41) is 0. The molecule has 59 heavy (non-hydrogen) atoms. The van der Waals surface area contributed by atoms with Crippen LogP contribution in [-0.4, -0.2) is 37.2 Å². The highest BCUT2D eigenvalue weighted by Gasteiger charge is 2.19. The monoisotopic (exact) mass is 835 g/mol. The number of rotatable bonds is 48. The van der Waals surface area contributed by atoms with Crippen molar-refractivity contribution in [3.8, 4) is 0 Å². The molecule has 6 heteroatoms. The molecule has 6 nitrogen and oxygen atoms in total. The lowest BCUT2D eigenvalue weighted by molar-refractivity contribution is -0.167. The van der Waals surface area contributed by atoms with E-state index in [9.17, 15) is 14.4 Å². The predicted molar refractivity (Wildman–Crippen MR) is 252 cm³/mol. The lowest BCUT2D eigenvalue weighted by atomic mass is 10.0. The first-order chi connectivity index (χ1) is 28.9. The number of ether oxygens (including phenoxy) is 3. The molecule has 0 aliphatic heterocycles. The first-order valence-corrected chi connectivity index (χ1v) is 26.4. The zero-order valence-electron chi connectivity index (χ0n) is 40.2. The smallest absolute Gasteiger partial charge is 0.306 e. The molecule has 0 amide bonds. The minimum Gasteiger partial charge on any atom is -0.462 e. The van der Waals surface area contributed by atoms with Gasteiger partial charge in [0, 0.05) is 19.3 Å². The van der Waals surface area contributed by atoms with E-state index in [4.69, 9.17) is 14.2 Å². The van der Waals surface area contributed by atoms with E-state index in [1.165, 1.54) is 193 Å². The van der Waals surface area contributed by atoms with Crippen LogP contribution in [0.2, 0.25) is 0 Å². The molecule has 0 rings (SSSR count). The SMILES string of the molecule is CCCCCCCCCCCCCCCCCCCCCC(=O)OC[C@@H](COC(=O)CCCCCCCCCCCC)OC(=O)CCCCCCCCCCCC(C)C. The van der Waals surface area contributed by atoms with Crippen molar-refractivity contribution >= 4 is 17.9 Å². The molecule has 0 fully saturated rings. The van der Waals surface area contributed by atoms with Gasteiger partial charge < -0.3 is 14.2 Å². The van der Waals surface area contributed by atoms with E-state index in [1.807, 2.05) is 0 Å². The topological polar surface area (TPSA) is 78.9 Å². The Balaban J connectivity index is 4.22. The highest BCUT2D eigenvalue weighted by Crippen LogP contribution is 2.17. The summed E-state index contributed by atoms with van der Waals surface area (Å²) in [5.41, 5.74) is 0. The molecule has 0 saturated heterocycles. The van der Waals surface area contributed by atoms with Crippen LogP contribution in [0.15, 0.2) is 0 Å². The molecule has 0 unspecified atom stereocenters. The second kappa shape index (κ2) is 47.5. The van der Waals surface area contributed by atoms with Crippen LogP contribution in [0.5, 0.6) is 0 Å². The summed E-state index contributed by atoms with van der Waals surface area (Å²) in [4.78, 5) is 37.9. The summed E-state index contributed by atoms with van der Waals surface area (Å²) in [7, 11) is 0. The van der Waals surface area contributed by atoms with Gasteiger partial charge in [-0.25, -0.2) is 0 Å².